The average Bonchev–Trinajstić information content (AvgIpc) is 3.20. The Bertz CT molecular complexity index is 852. The van der Waals surface area contributed by atoms with Crippen molar-refractivity contribution in [2.45, 2.75) is 26.8 Å². The normalized spacial score (nSPS) is 12.0. The predicted octanol–water partition coefficient (Wildman–Crippen LogP) is 3.81. The van der Waals surface area contributed by atoms with Crippen molar-refractivity contribution in [2.75, 3.05) is 11.9 Å². The molecule has 6 nitrogen and oxygen atoms in total. The number of amides is 2. The summed E-state index contributed by atoms with van der Waals surface area (Å²) in [6.45, 7) is 6.26. The molecule has 0 aliphatic rings. The maximum absolute atomic E-state index is 12.3. The van der Waals surface area contributed by atoms with E-state index in [9.17, 15) is 4.79 Å². The molecule has 2 heterocycles. The van der Waals surface area contributed by atoms with E-state index in [4.69, 9.17) is 4.42 Å². The Kier molecular flexibility index (Phi) is 4.88. The van der Waals surface area contributed by atoms with Gasteiger partial charge >= 0.3 is 6.03 Å². The van der Waals surface area contributed by atoms with Gasteiger partial charge in [-0.15, -0.1) is 0 Å². The van der Waals surface area contributed by atoms with Gasteiger partial charge in [-0.3, -0.25) is 4.68 Å². The number of hydrogen-bond acceptors (Lipinski definition) is 3. The third-order valence-electron chi connectivity index (χ3n) is 4.06. The number of anilines is 1. The number of carbonyl (C=O) groups is 1. The Hall–Kier alpha value is -3.02. The van der Waals surface area contributed by atoms with Gasteiger partial charge in [0.1, 0.15) is 11.8 Å². The summed E-state index contributed by atoms with van der Waals surface area (Å²) in [5, 5.41) is 10.3. The molecule has 0 aliphatic carbocycles. The largest absolute Gasteiger partial charge is 0.467 e. The van der Waals surface area contributed by atoms with E-state index >= 15 is 0 Å². The monoisotopic (exact) mass is 338 g/mol. The predicted molar refractivity (Wildman–Crippen MR) is 96.7 cm³/mol. The van der Waals surface area contributed by atoms with Crippen LogP contribution in [0, 0.1) is 20.8 Å². The zero-order valence-electron chi connectivity index (χ0n) is 14.6. The summed E-state index contributed by atoms with van der Waals surface area (Å²) in [6.07, 6.45) is 1.63. The molecule has 0 spiro atoms. The third-order valence-corrected chi connectivity index (χ3v) is 4.06. The maximum Gasteiger partial charge on any atom is 0.319 e. The van der Waals surface area contributed by atoms with Crippen LogP contribution in [0.5, 0.6) is 0 Å². The maximum atomic E-state index is 12.3. The number of benzene rings is 1. The number of rotatable bonds is 5. The number of para-hydroxylation sites is 1. The SMILES string of the molecule is Cc1cc(C)n([C@@H](CNC(=O)Nc2ccccc2C)c2ccco2)n1. The number of urea groups is 1. The van der Waals surface area contributed by atoms with Gasteiger partial charge in [0.15, 0.2) is 0 Å². The van der Waals surface area contributed by atoms with Gasteiger partial charge in [0.05, 0.1) is 12.0 Å². The summed E-state index contributed by atoms with van der Waals surface area (Å²) in [7, 11) is 0. The summed E-state index contributed by atoms with van der Waals surface area (Å²) in [5.74, 6) is 0.752. The minimum absolute atomic E-state index is 0.202. The van der Waals surface area contributed by atoms with Crippen molar-refractivity contribution in [3.8, 4) is 0 Å². The van der Waals surface area contributed by atoms with Gasteiger partial charge in [0, 0.05) is 17.9 Å². The van der Waals surface area contributed by atoms with Crippen molar-refractivity contribution in [1.29, 1.82) is 0 Å². The van der Waals surface area contributed by atoms with Crippen LogP contribution in [0.2, 0.25) is 0 Å². The Morgan fingerprint density at radius 2 is 2.00 bits per heavy atom. The number of nitrogens with zero attached hydrogens (tertiary/aromatic N) is 2. The molecule has 1 atom stereocenters. The van der Waals surface area contributed by atoms with Gasteiger partial charge in [-0.1, -0.05) is 18.2 Å². The number of hydrogen-bond donors (Lipinski definition) is 2. The number of furan rings is 1. The van der Waals surface area contributed by atoms with Crippen molar-refractivity contribution in [3.05, 3.63) is 71.4 Å². The summed E-state index contributed by atoms with van der Waals surface area (Å²) in [6, 6.07) is 12.9. The lowest BCUT2D eigenvalue weighted by Crippen LogP contribution is -2.35. The quantitative estimate of drug-likeness (QED) is 0.743. The smallest absolute Gasteiger partial charge is 0.319 e. The molecular formula is C19H22N4O2. The molecule has 0 unspecified atom stereocenters. The Labute approximate surface area is 146 Å². The first-order valence-electron chi connectivity index (χ1n) is 8.21. The van der Waals surface area contributed by atoms with Crippen molar-refractivity contribution in [2.24, 2.45) is 0 Å². The van der Waals surface area contributed by atoms with Crippen molar-refractivity contribution >= 4 is 11.7 Å². The van der Waals surface area contributed by atoms with Crippen LogP contribution in [0.4, 0.5) is 10.5 Å². The lowest BCUT2D eigenvalue weighted by molar-refractivity contribution is 0.249. The van der Waals surface area contributed by atoms with Gasteiger partial charge in [0.2, 0.25) is 0 Å². The van der Waals surface area contributed by atoms with E-state index in [1.165, 1.54) is 0 Å². The topological polar surface area (TPSA) is 72.1 Å². The minimum atomic E-state index is -0.257. The molecule has 0 radical (unpaired) electrons. The molecule has 3 aromatic rings. The van der Waals surface area contributed by atoms with E-state index in [0.717, 1.165) is 28.4 Å². The zero-order valence-corrected chi connectivity index (χ0v) is 14.6. The van der Waals surface area contributed by atoms with Crippen LogP contribution in [0.3, 0.4) is 0 Å². The molecular weight excluding hydrogens is 316 g/mol. The molecule has 3 rings (SSSR count). The molecule has 0 bridgehead atoms. The fourth-order valence-electron chi connectivity index (χ4n) is 2.82. The Morgan fingerprint density at radius 1 is 1.20 bits per heavy atom. The first-order chi connectivity index (χ1) is 12.0. The second-order valence-corrected chi connectivity index (χ2v) is 6.05. The second kappa shape index (κ2) is 7.25. The highest BCUT2D eigenvalue weighted by molar-refractivity contribution is 5.90. The molecule has 6 heteroatoms. The second-order valence-electron chi connectivity index (χ2n) is 6.05. The minimum Gasteiger partial charge on any atom is -0.467 e. The fourth-order valence-corrected chi connectivity index (χ4v) is 2.82. The van der Waals surface area contributed by atoms with Crippen molar-refractivity contribution < 1.29 is 9.21 Å². The highest BCUT2D eigenvalue weighted by atomic mass is 16.3. The molecule has 2 amide bonds. The standard InChI is InChI=1S/C19H22N4O2/c1-13-7-4-5-8-16(13)21-19(24)20-12-17(18-9-6-10-25-18)23-15(3)11-14(2)22-23/h4-11,17H,12H2,1-3H3,(H2,20,21,24)/t17-/m0/s1. The average molecular weight is 338 g/mol. The molecule has 2 N–H and O–H groups in total. The summed E-state index contributed by atoms with van der Waals surface area (Å²) in [5.41, 5.74) is 3.75. The van der Waals surface area contributed by atoms with Crippen LogP contribution in [0.15, 0.2) is 53.1 Å². The molecule has 0 saturated carbocycles. The summed E-state index contributed by atoms with van der Waals surface area (Å²) >= 11 is 0. The van der Waals surface area contributed by atoms with Crippen molar-refractivity contribution in [3.63, 3.8) is 0 Å². The fraction of sp³-hybridized carbons (Fsp3) is 0.263. The van der Waals surface area contributed by atoms with Crippen LogP contribution in [0.25, 0.3) is 0 Å². The van der Waals surface area contributed by atoms with Crippen LogP contribution < -0.4 is 10.6 Å². The van der Waals surface area contributed by atoms with Gasteiger partial charge in [0.25, 0.3) is 0 Å². The van der Waals surface area contributed by atoms with E-state index in [1.54, 1.807) is 6.26 Å². The molecule has 25 heavy (non-hydrogen) atoms. The van der Waals surface area contributed by atoms with E-state index in [-0.39, 0.29) is 12.1 Å². The number of aromatic nitrogens is 2. The Morgan fingerprint density at radius 3 is 2.64 bits per heavy atom. The molecule has 0 aliphatic heterocycles. The zero-order chi connectivity index (χ0) is 17.8. The van der Waals surface area contributed by atoms with Gasteiger partial charge in [-0.25, -0.2) is 4.79 Å². The molecule has 2 aromatic heterocycles. The highest BCUT2D eigenvalue weighted by Gasteiger charge is 2.20. The third kappa shape index (κ3) is 3.91. The first-order valence-corrected chi connectivity index (χ1v) is 8.21. The lowest BCUT2D eigenvalue weighted by Gasteiger charge is -2.18. The van der Waals surface area contributed by atoms with Gasteiger partial charge < -0.3 is 15.1 Å². The van der Waals surface area contributed by atoms with E-state index in [2.05, 4.69) is 15.7 Å². The first kappa shape index (κ1) is 16.8. The number of carbonyl (C=O) groups excluding carboxylic acids is 1. The summed E-state index contributed by atoms with van der Waals surface area (Å²) < 4.78 is 7.43. The molecule has 1 aromatic carbocycles. The van der Waals surface area contributed by atoms with Gasteiger partial charge in [-0.2, -0.15) is 5.10 Å². The number of aryl methyl sites for hydroxylation is 3. The van der Waals surface area contributed by atoms with Crippen LogP contribution in [-0.2, 0) is 0 Å². The molecule has 0 fully saturated rings. The van der Waals surface area contributed by atoms with Crippen molar-refractivity contribution in [1.82, 2.24) is 15.1 Å². The van der Waals surface area contributed by atoms with Gasteiger partial charge in [-0.05, 0) is 50.6 Å². The number of nitrogens with one attached hydrogen (secondary N) is 2. The Balaban J connectivity index is 1.72. The summed E-state index contributed by atoms with van der Waals surface area (Å²) in [4.78, 5) is 12.3. The van der Waals surface area contributed by atoms with E-state index in [1.807, 2.05) is 67.9 Å². The molecule has 130 valence electrons. The van der Waals surface area contributed by atoms with Crippen LogP contribution in [-0.4, -0.2) is 22.4 Å². The van der Waals surface area contributed by atoms with E-state index < -0.39 is 0 Å². The highest BCUT2D eigenvalue weighted by Crippen LogP contribution is 2.20. The van der Waals surface area contributed by atoms with Crippen LogP contribution >= 0.6 is 0 Å². The molecule has 0 saturated heterocycles. The van der Waals surface area contributed by atoms with E-state index in [0.29, 0.717) is 6.54 Å². The van der Waals surface area contributed by atoms with Crippen LogP contribution in [0.1, 0.15) is 28.8 Å². The lowest BCUT2D eigenvalue weighted by atomic mass is 10.2.